The van der Waals surface area contributed by atoms with Crippen LogP contribution >= 0.6 is 11.6 Å². The number of nitrogens with two attached hydrogens (primary N) is 1. The van der Waals surface area contributed by atoms with Crippen LogP contribution in [-0.4, -0.2) is 23.0 Å². The van der Waals surface area contributed by atoms with Gasteiger partial charge in [0.15, 0.2) is 0 Å². The molecule has 0 bridgehead atoms. The van der Waals surface area contributed by atoms with Crippen LogP contribution in [0.15, 0.2) is 0 Å². The quantitative estimate of drug-likeness (QED) is 0.494. The standard InChI is InChI=1S/C3H6ClNO2/c4-1-2(5)3(6)7/h2H,1,5H2,(H,6,7)/t2-/m0/s1/i2D. The summed E-state index contributed by atoms with van der Waals surface area (Å²) in [5.74, 6) is -1.81. The highest BCUT2D eigenvalue weighted by atomic mass is 35.5. The second-order valence-corrected chi connectivity index (χ2v) is 1.23. The molecule has 3 nitrogen and oxygen atoms in total. The van der Waals surface area contributed by atoms with E-state index in [1.807, 2.05) is 0 Å². The minimum absolute atomic E-state index is 0.400. The van der Waals surface area contributed by atoms with Gasteiger partial charge in [0.05, 0.1) is 1.37 Å². The molecular formula is C3H6ClNO2. The van der Waals surface area contributed by atoms with Crippen molar-refractivity contribution >= 4 is 17.6 Å². The lowest BCUT2D eigenvalue weighted by molar-refractivity contribution is -0.137. The third kappa shape index (κ3) is 2.42. The van der Waals surface area contributed by atoms with E-state index >= 15 is 0 Å². The van der Waals surface area contributed by atoms with Crippen LogP contribution in [0.3, 0.4) is 0 Å². The Balaban J connectivity index is 3.91. The largest absolute Gasteiger partial charge is 0.480 e. The Morgan fingerprint density at radius 1 is 2.29 bits per heavy atom. The van der Waals surface area contributed by atoms with E-state index in [1.54, 1.807) is 0 Å². The van der Waals surface area contributed by atoms with Crippen LogP contribution in [0.4, 0.5) is 0 Å². The van der Waals surface area contributed by atoms with Crippen molar-refractivity contribution in [2.45, 2.75) is 6.02 Å². The van der Waals surface area contributed by atoms with Crippen molar-refractivity contribution < 1.29 is 11.3 Å². The average molecular weight is 125 g/mol. The SMILES string of the molecule is [2H][C@](N)(CCl)C(=O)O. The van der Waals surface area contributed by atoms with Gasteiger partial charge in [0.2, 0.25) is 0 Å². The van der Waals surface area contributed by atoms with Crippen LogP contribution in [0.2, 0.25) is 0 Å². The van der Waals surface area contributed by atoms with E-state index in [-0.39, 0.29) is 0 Å². The molecule has 0 aliphatic heterocycles. The number of alkyl halides is 1. The Labute approximate surface area is 47.5 Å². The molecule has 3 N–H and O–H groups in total. The molecule has 0 spiro atoms. The maximum Gasteiger partial charge on any atom is 0.321 e. The van der Waals surface area contributed by atoms with Crippen molar-refractivity contribution in [3.63, 3.8) is 0 Å². The lowest BCUT2D eigenvalue weighted by Gasteiger charge is -1.95. The van der Waals surface area contributed by atoms with E-state index in [0.717, 1.165) is 0 Å². The number of hydrogen-bond acceptors (Lipinski definition) is 2. The maximum atomic E-state index is 9.86. The molecule has 0 aromatic heterocycles. The number of halogens is 1. The zero-order valence-corrected chi connectivity index (χ0v) is 4.27. The van der Waals surface area contributed by atoms with Crippen molar-refractivity contribution in [1.82, 2.24) is 0 Å². The second-order valence-electron chi connectivity index (χ2n) is 0.964. The Hall–Kier alpha value is -0.280. The van der Waals surface area contributed by atoms with E-state index in [0.29, 0.717) is 0 Å². The molecule has 0 saturated heterocycles. The van der Waals surface area contributed by atoms with Gasteiger partial charge in [0.1, 0.15) is 6.02 Å². The Bertz CT molecular complexity index is 105. The summed E-state index contributed by atoms with van der Waals surface area (Å²) in [5, 5.41) is 8.04. The van der Waals surface area contributed by atoms with E-state index in [4.69, 9.17) is 23.8 Å². The number of aliphatic carboxylic acids is 1. The van der Waals surface area contributed by atoms with Crippen LogP contribution in [-0.2, 0) is 4.79 Å². The molecular weight excluding hydrogens is 117 g/mol. The fourth-order valence-electron chi connectivity index (χ4n) is 0.0572. The van der Waals surface area contributed by atoms with Crippen molar-refractivity contribution in [1.29, 1.82) is 0 Å². The summed E-state index contributed by atoms with van der Waals surface area (Å²) in [6.07, 6.45) is 0. The molecule has 1 atom stereocenters. The molecule has 0 saturated carbocycles. The third-order valence-electron chi connectivity index (χ3n) is 0.419. The Kier molecular flexibility index (Phi) is 1.96. The zero-order valence-electron chi connectivity index (χ0n) is 4.52. The monoisotopic (exact) mass is 124 g/mol. The lowest BCUT2D eigenvalue weighted by atomic mass is 10.4. The summed E-state index contributed by atoms with van der Waals surface area (Å²) in [5.41, 5.74) is 4.79. The van der Waals surface area contributed by atoms with E-state index in [1.165, 1.54) is 0 Å². The fourth-order valence-corrected chi connectivity index (χ4v) is 0.171. The van der Waals surface area contributed by atoms with Crippen LogP contribution in [0, 0.1) is 0 Å². The summed E-state index contributed by atoms with van der Waals surface area (Å²) >= 11 is 4.99. The molecule has 4 heteroatoms. The highest BCUT2D eigenvalue weighted by Gasteiger charge is 2.07. The predicted octanol–water partition coefficient (Wildman–Crippen LogP) is -0.363. The molecule has 0 aromatic rings. The molecule has 0 amide bonds. The first-order chi connectivity index (χ1) is 3.50. The molecule has 0 aliphatic carbocycles. The topological polar surface area (TPSA) is 63.3 Å². The minimum atomic E-state index is -2.03. The Morgan fingerprint density at radius 2 is 2.71 bits per heavy atom. The van der Waals surface area contributed by atoms with Crippen molar-refractivity contribution in [3.05, 3.63) is 0 Å². The first-order valence-electron chi connectivity index (χ1n) is 2.09. The molecule has 0 radical (unpaired) electrons. The van der Waals surface area contributed by atoms with Crippen molar-refractivity contribution in [2.75, 3.05) is 5.88 Å². The highest BCUT2D eigenvalue weighted by Crippen LogP contribution is 1.80. The number of hydrogen-bond donors (Lipinski definition) is 2. The summed E-state index contributed by atoms with van der Waals surface area (Å²) in [4.78, 5) is 9.86. The zero-order chi connectivity index (χ0) is 6.78. The highest BCUT2D eigenvalue weighted by molar-refractivity contribution is 6.19. The van der Waals surface area contributed by atoms with E-state index < -0.39 is 17.9 Å². The second kappa shape index (κ2) is 2.82. The average Bonchev–Trinajstić information content (AvgIpc) is 1.67. The number of carbonyl (C=O) groups is 1. The number of carboxylic acids is 1. The van der Waals surface area contributed by atoms with Gasteiger partial charge in [-0.25, -0.2) is 0 Å². The van der Waals surface area contributed by atoms with Gasteiger partial charge in [-0.2, -0.15) is 0 Å². The fraction of sp³-hybridized carbons (Fsp3) is 0.667. The minimum Gasteiger partial charge on any atom is -0.480 e. The van der Waals surface area contributed by atoms with Gasteiger partial charge in [-0.1, -0.05) is 0 Å². The Morgan fingerprint density at radius 3 is 2.71 bits per heavy atom. The van der Waals surface area contributed by atoms with Crippen LogP contribution in [0.1, 0.15) is 1.37 Å². The molecule has 0 unspecified atom stereocenters. The molecule has 0 rings (SSSR count). The van der Waals surface area contributed by atoms with Gasteiger partial charge < -0.3 is 10.8 Å². The van der Waals surface area contributed by atoms with E-state index in [9.17, 15) is 4.79 Å². The maximum absolute atomic E-state index is 9.86. The van der Waals surface area contributed by atoms with Gasteiger partial charge in [0.25, 0.3) is 0 Å². The van der Waals surface area contributed by atoms with Crippen LogP contribution in [0.5, 0.6) is 0 Å². The van der Waals surface area contributed by atoms with Gasteiger partial charge in [-0.3, -0.25) is 4.79 Å². The molecule has 0 fully saturated rings. The van der Waals surface area contributed by atoms with E-state index in [2.05, 4.69) is 0 Å². The van der Waals surface area contributed by atoms with Gasteiger partial charge >= 0.3 is 5.97 Å². The lowest BCUT2D eigenvalue weighted by Crippen LogP contribution is -2.31. The number of rotatable bonds is 2. The van der Waals surface area contributed by atoms with Gasteiger partial charge in [-0.15, -0.1) is 11.6 Å². The molecule has 7 heavy (non-hydrogen) atoms. The van der Waals surface area contributed by atoms with Crippen molar-refractivity contribution in [2.24, 2.45) is 5.73 Å². The molecule has 0 heterocycles. The van der Waals surface area contributed by atoms with Crippen LogP contribution < -0.4 is 5.73 Å². The summed E-state index contributed by atoms with van der Waals surface area (Å²) in [7, 11) is 0. The first-order valence-corrected chi connectivity index (χ1v) is 2.12. The predicted molar refractivity (Wildman–Crippen MR) is 26.3 cm³/mol. The molecule has 0 aliphatic rings. The third-order valence-corrected chi connectivity index (χ3v) is 0.707. The molecule has 42 valence electrons. The summed E-state index contributed by atoms with van der Waals surface area (Å²) < 4.78 is 6.68. The van der Waals surface area contributed by atoms with Gasteiger partial charge in [0, 0.05) is 5.88 Å². The van der Waals surface area contributed by atoms with Crippen molar-refractivity contribution in [3.8, 4) is 0 Å². The first kappa shape index (κ1) is 4.87. The summed E-state index contributed by atoms with van der Waals surface area (Å²) in [6.45, 7) is 0. The molecule has 0 aromatic carbocycles. The van der Waals surface area contributed by atoms with Crippen LogP contribution in [0.25, 0.3) is 0 Å². The number of carboxylic acid groups (broad SMARTS) is 1. The normalized spacial score (nSPS) is 20.0. The van der Waals surface area contributed by atoms with Gasteiger partial charge in [-0.05, 0) is 0 Å². The summed E-state index contributed by atoms with van der Waals surface area (Å²) in [6, 6.07) is -2.03. The smallest absolute Gasteiger partial charge is 0.321 e.